The summed E-state index contributed by atoms with van der Waals surface area (Å²) in [6, 6.07) is 14.4. The minimum absolute atomic E-state index is 0.0523. The highest BCUT2D eigenvalue weighted by atomic mass is 19.1. The number of nitrogens with one attached hydrogen (secondary N) is 1. The molecule has 1 aliphatic rings. The summed E-state index contributed by atoms with van der Waals surface area (Å²) in [6.45, 7) is 3.34. The third-order valence-corrected chi connectivity index (χ3v) is 7.06. The second kappa shape index (κ2) is 11.4. The van der Waals surface area contributed by atoms with Crippen LogP contribution in [-0.4, -0.2) is 24.0 Å². The number of halogens is 1. The summed E-state index contributed by atoms with van der Waals surface area (Å²) in [5, 5.41) is 3.96. The number of unbranched alkanes of at least 4 members (excludes halogenated alkanes) is 1. The van der Waals surface area contributed by atoms with Gasteiger partial charge in [0.15, 0.2) is 0 Å². The van der Waals surface area contributed by atoms with Gasteiger partial charge in [0.1, 0.15) is 11.6 Å². The van der Waals surface area contributed by atoms with Crippen LogP contribution >= 0.6 is 0 Å². The maximum atomic E-state index is 13.8. The first-order chi connectivity index (χ1) is 16.5. The van der Waals surface area contributed by atoms with E-state index in [0.29, 0.717) is 25.0 Å². The maximum Gasteiger partial charge on any atom is 0.227 e. The van der Waals surface area contributed by atoms with Gasteiger partial charge in [0.25, 0.3) is 0 Å². The highest BCUT2D eigenvalue weighted by Gasteiger charge is 2.30. The number of pyridine rings is 1. The van der Waals surface area contributed by atoms with Gasteiger partial charge in [0.05, 0.1) is 12.1 Å². The SMILES string of the molecule is C[C@@H](C(=O)Nc1ccc(OCCCCN)cc1)[C@H]1CC[C@@H](c2ccnc3ccc(F)cc32)CC1. The Hall–Kier alpha value is -2.99. The maximum absolute atomic E-state index is 13.8. The van der Waals surface area contributed by atoms with Crippen LogP contribution in [0.25, 0.3) is 10.9 Å². The largest absolute Gasteiger partial charge is 0.494 e. The van der Waals surface area contributed by atoms with E-state index >= 15 is 0 Å². The van der Waals surface area contributed by atoms with Crippen LogP contribution in [0.4, 0.5) is 10.1 Å². The molecule has 1 aromatic heterocycles. The zero-order valence-corrected chi connectivity index (χ0v) is 19.8. The molecule has 1 saturated carbocycles. The highest BCUT2D eigenvalue weighted by Crippen LogP contribution is 2.41. The number of ether oxygens (including phenoxy) is 1. The molecule has 180 valence electrons. The predicted molar refractivity (Wildman–Crippen MR) is 134 cm³/mol. The fourth-order valence-corrected chi connectivity index (χ4v) is 4.97. The van der Waals surface area contributed by atoms with Crippen molar-refractivity contribution in [1.29, 1.82) is 0 Å². The second-order valence-electron chi connectivity index (χ2n) is 9.32. The molecule has 2 aromatic carbocycles. The Balaban J connectivity index is 1.30. The topological polar surface area (TPSA) is 77.2 Å². The average Bonchev–Trinajstić information content (AvgIpc) is 2.87. The fourth-order valence-electron chi connectivity index (χ4n) is 4.97. The molecule has 0 spiro atoms. The number of hydrogen-bond donors (Lipinski definition) is 2. The molecule has 6 heteroatoms. The van der Waals surface area contributed by atoms with Crippen molar-refractivity contribution in [3.05, 3.63) is 66.1 Å². The molecule has 34 heavy (non-hydrogen) atoms. The number of carbonyl (C=O) groups is 1. The van der Waals surface area contributed by atoms with Crippen molar-refractivity contribution in [2.24, 2.45) is 17.6 Å². The molecule has 0 unspecified atom stereocenters. The molecule has 1 aliphatic carbocycles. The van der Waals surface area contributed by atoms with Crippen LogP contribution in [0.1, 0.15) is 56.9 Å². The third kappa shape index (κ3) is 5.92. The van der Waals surface area contributed by atoms with E-state index in [1.807, 2.05) is 43.5 Å². The number of benzene rings is 2. The standard InChI is InChI=1S/C28H34FN3O2/c1-19(28(33)32-23-9-11-24(12-10-23)34-17-3-2-15-30)20-4-6-21(7-5-20)25-14-16-31-27-13-8-22(29)18-26(25)27/h8-14,16,18-21H,2-7,15,17,30H2,1H3,(H,32,33)/t19-,20-,21+/m1/s1. The number of anilines is 1. The Kier molecular flexibility index (Phi) is 8.12. The monoisotopic (exact) mass is 463 g/mol. The molecule has 0 bridgehead atoms. The lowest BCUT2D eigenvalue weighted by atomic mass is 9.73. The van der Waals surface area contributed by atoms with Crippen LogP contribution in [0.3, 0.4) is 0 Å². The van der Waals surface area contributed by atoms with Gasteiger partial charge in [-0.05, 0) is 111 Å². The Morgan fingerprint density at radius 3 is 2.62 bits per heavy atom. The Morgan fingerprint density at radius 1 is 1.12 bits per heavy atom. The van der Waals surface area contributed by atoms with Gasteiger partial charge in [-0.25, -0.2) is 4.39 Å². The lowest BCUT2D eigenvalue weighted by Crippen LogP contribution is -2.29. The molecule has 3 aromatic rings. The summed E-state index contributed by atoms with van der Waals surface area (Å²) in [6.07, 6.45) is 7.65. The number of amides is 1. The van der Waals surface area contributed by atoms with E-state index in [0.717, 1.165) is 60.9 Å². The van der Waals surface area contributed by atoms with Gasteiger partial charge < -0.3 is 15.8 Å². The normalized spacial score (nSPS) is 19.0. The lowest BCUT2D eigenvalue weighted by molar-refractivity contribution is -0.121. The number of rotatable bonds is 9. The lowest BCUT2D eigenvalue weighted by Gasteiger charge is -2.32. The number of aromatic nitrogens is 1. The molecule has 1 atom stereocenters. The molecule has 4 rings (SSSR count). The molecule has 1 fully saturated rings. The van der Waals surface area contributed by atoms with Crippen LogP contribution in [-0.2, 0) is 4.79 Å². The number of nitrogens with zero attached hydrogens (tertiary/aromatic N) is 1. The van der Waals surface area contributed by atoms with Gasteiger partial charge in [-0.1, -0.05) is 6.92 Å². The number of carbonyl (C=O) groups excluding carboxylic acids is 1. The van der Waals surface area contributed by atoms with Crippen molar-refractivity contribution in [2.45, 2.75) is 51.4 Å². The minimum Gasteiger partial charge on any atom is -0.494 e. The van der Waals surface area contributed by atoms with Gasteiger partial charge in [0.2, 0.25) is 5.91 Å². The average molecular weight is 464 g/mol. The number of fused-ring (bicyclic) bond motifs is 1. The molecule has 1 amide bonds. The Labute approximate surface area is 200 Å². The van der Waals surface area contributed by atoms with Crippen molar-refractivity contribution < 1.29 is 13.9 Å². The second-order valence-corrected chi connectivity index (χ2v) is 9.32. The van der Waals surface area contributed by atoms with Crippen LogP contribution in [0.2, 0.25) is 0 Å². The quantitative estimate of drug-likeness (QED) is 0.379. The first-order valence-electron chi connectivity index (χ1n) is 12.3. The molecule has 0 saturated heterocycles. The number of nitrogens with two attached hydrogens (primary N) is 1. The van der Waals surface area contributed by atoms with Crippen molar-refractivity contribution in [3.8, 4) is 5.75 Å². The third-order valence-electron chi connectivity index (χ3n) is 7.06. The summed E-state index contributed by atoms with van der Waals surface area (Å²) < 4.78 is 19.5. The Morgan fingerprint density at radius 2 is 1.88 bits per heavy atom. The predicted octanol–water partition coefficient (Wildman–Crippen LogP) is 6.04. The first-order valence-corrected chi connectivity index (χ1v) is 12.3. The molecule has 0 radical (unpaired) electrons. The van der Waals surface area contributed by atoms with E-state index in [-0.39, 0.29) is 17.6 Å². The van der Waals surface area contributed by atoms with Gasteiger partial charge in [-0.2, -0.15) is 0 Å². The smallest absolute Gasteiger partial charge is 0.227 e. The van der Waals surface area contributed by atoms with E-state index < -0.39 is 0 Å². The van der Waals surface area contributed by atoms with E-state index in [4.69, 9.17) is 10.5 Å². The fraction of sp³-hybridized carbons (Fsp3) is 0.429. The van der Waals surface area contributed by atoms with Crippen molar-refractivity contribution in [2.75, 3.05) is 18.5 Å². The van der Waals surface area contributed by atoms with Crippen LogP contribution in [0, 0.1) is 17.7 Å². The molecular weight excluding hydrogens is 429 g/mol. The van der Waals surface area contributed by atoms with Crippen LogP contribution in [0.5, 0.6) is 5.75 Å². The summed E-state index contributed by atoms with van der Waals surface area (Å²) >= 11 is 0. The van der Waals surface area contributed by atoms with Gasteiger partial charge in [-0.15, -0.1) is 0 Å². The minimum atomic E-state index is -0.230. The zero-order chi connectivity index (χ0) is 23.9. The van der Waals surface area contributed by atoms with Crippen molar-refractivity contribution in [3.63, 3.8) is 0 Å². The molecule has 1 heterocycles. The summed E-state index contributed by atoms with van der Waals surface area (Å²) in [7, 11) is 0. The summed E-state index contributed by atoms with van der Waals surface area (Å²) in [5.74, 6) is 1.26. The van der Waals surface area contributed by atoms with Crippen molar-refractivity contribution in [1.82, 2.24) is 4.98 Å². The molecule has 0 aliphatic heterocycles. The Bertz CT molecular complexity index is 1090. The van der Waals surface area contributed by atoms with Crippen LogP contribution in [0.15, 0.2) is 54.7 Å². The number of hydrogen-bond acceptors (Lipinski definition) is 4. The van der Waals surface area contributed by atoms with Gasteiger partial charge in [0, 0.05) is 23.2 Å². The van der Waals surface area contributed by atoms with E-state index in [1.165, 1.54) is 11.6 Å². The first kappa shape index (κ1) is 24.1. The van der Waals surface area contributed by atoms with E-state index in [1.54, 1.807) is 12.1 Å². The van der Waals surface area contributed by atoms with E-state index in [2.05, 4.69) is 10.3 Å². The van der Waals surface area contributed by atoms with Crippen molar-refractivity contribution >= 4 is 22.5 Å². The summed E-state index contributed by atoms with van der Waals surface area (Å²) in [4.78, 5) is 17.3. The molecule has 3 N–H and O–H groups in total. The molecular formula is C28H34FN3O2. The van der Waals surface area contributed by atoms with Gasteiger partial charge in [-0.3, -0.25) is 9.78 Å². The molecule has 5 nitrogen and oxygen atoms in total. The highest BCUT2D eigenvalue weighted by molar-refractivity contribution is 5.92. The summed E-state index contributed by atoms with van der Waals surface area (Å²) in [5.41, 5.74) is 8.29. The zero-order valence-electron chi connectivity index (χ0n) is 19.8. The van der Waals surface area contributed by atoms with Crippen LogP contribution < -0.4 is 15.8 Å². The van der Waals surface area contributed by atoms with Gasteiger partial charge >= 0.3 is 0 Å². The van der Waals surface area contributed by atoms with E-state index in [9.17, 15) is 9.18 Å².